The molecule has 8 nitrogen and oxygen atoms in total. The number of carbonyl (C=O) groups excluding carboxylic acids is 4. The molecule has 0 bridgehead atoms. The Morgan fingerprint density at radius 3 is 2.33 bits per heavy atom. The molecule has 0 aliphatic carbocycles. The third-order valence-corrected chi connectivity index (χ3v) is 4.29. The monoisotopic (exact) mass is 366 g/mol. The van der Waals surface area contributed by atoms with E-state index in [1.165, 1.54) is 12.1 Å². The van der Waals surface area contributed by atoms with Gasteiger partial charge in [0, 0.05) is 0 Å². The van der Waals surface area contributed by atoms with E-state index in [1.807, 2.05) is 0 Å². The number of hydrogen-bond acceptors (Lipinski definition) is 6. The van der Waals surface area contributed by atoms with E-state index in [0.717, 1.165) is 4.90 Å². The number of anilines is 1. The summed E-state index contributed by atoms with van der Waals surface area (Å²) in [5, 5.41) is 2.65. The van der Waals surface area contributed by atoms with Crippen LogP contribution < -0.4 is 10.1 Å². The summed E-state index contributed by atoms with van der Waals surface area (Å²) in [4.78, 5) is 49.4. The smallest absolute Gasteiger partial charge is 0.311 e. The van der Waals surface area contributed by atoms with Crippen LogP contribution in [0.25, 0.3) is 0 Å². The number of hydrogen-bond donors (Lipinski definition) is 1. The molecular formula is C19H14N2O6. The summed E-state index contributed by atoms with van der Waals surface area (Å²) in [6.45, 7) is -0.518. The average Bonchev–Trinajstić information content (AvgIpc) is 2.91. The largest absolute Gasteiger partial charge is 0.478 e. The normalized spacial score (nSPS) is 17.7. The SMILES string of the molecule is O=C(CC1Oc2ccccc2NC1=O)OCN1C(=O)c2ccccc2C1=O. The molecule has 2 aromatic carbocycles. The van der Waals surface area contributed by atoms with Gasteiger partial charge < -0.3 is 14.8 Å². The van der Waals surface area contributed by atoms with E-state index in [-0.39, 0.29) is 17.5 Å². The third-order valence-electron chi connectivity index (χ3n) is 4.29. The minimum Gasteiger partial charge on any atom is -0.478 e. The van der Waals surface area contributed by atoms with Crippen LogP contribution in [0.4, 0.5) is 5.69 Å². The molecule has 1 atom stereocenters. The molecule has 2 aliphatic rings. The zero-order valence-corrected chi connectivity index (χ0v) is 14.0. The molecule has 0 aromatic heterocycles. The number of amides is 3. The maximum atomic E-state index is 12.2. The Kier molecular flexibility index (Phi) is 4.08. The predicted molar refractivity (Wildman–Crippen MR) is 92.0 cm³/mol. The molecule has 2 aliphatic heterocycles. The van der Waals surface area contributed by atoms with Gasteiger partial charge in [0.15, 0.2) is 12.8 Å². The van der Waals surface area contributed by atoms with Gasteiger partial charge in [-0.1, -0.05) is 24.3 Å². The summed E-state index contributed by atoms with van der Waals surface area (Å²) in [6.07, 6.45) is -1.39. The molecule has 27 heavy (non-hydrogen) atoms. The van der Waals surface area contributed by atoms with E-state index in [4.69, 9.17) is 9.47 Å². The number of nitrogens with zero attached hydrogens (tertiary/aromatic N) is 1. The first-order valence-electron chi connectivity index (χ1n) is 8.22. The van der Waals surface area contributed by atoms with E-state index in [0.29, 0.717) is 11.4 Å². The fraction of sp³-hybridized carbons (Fsp3) is 0.158. The van der Waals surface area contributed by atoms with Gasteiger partial charge in [0.05, 0.1) is 23.2 Å². The van der Waals surface area contributed by atoms with E-state index < -0.39 is 36.5 Å². The Balaban J connectivity index is 1.37. The Morgan fingerprint density at radius 2 is 1.63 bits per heavy atom. The Bertz CT molecular complexity index is 935. The van der Waals surface area contributed by atoms with Crippen molar-refractivity contribution in [2.75, 3.05) is 12.0 Å². The number of para-hydroxylation sites is 2. The maximum absolute atomic E-state index is 12.2. The molecule has 0 saturated carbocycles. The number of esters is 1. The van der Waals surface area contributed by atoms with E-state index in [9.17, 15) is 19.2 Å². The fourth-order valence-electron chi connectivity index (χ4n) is 2.93. The lowest BCUT2D eigenvalue weighted by molar-refractivity contribution is -0.150. The van der Waals surface area contributed by atoms with Gasteiger partial charge in [0.1, 0.15) is 5.75 Å². The molecule has 2 heterocycles. The Morgan fingerprint density at radius 1 is 1.00 bits per heavy atom. The lowest BCUT2D eigenvalue weighted by atomic mass is 10.1. The molecule has 0 saturated heterocycles. The highest BCUT2D eigenvalue weighted by atomic mass is 16.6. The maximum Gasteiger partial charge on any atom is 0.311 e. The zero-order chi connectivity index (χ0) is 19.0. The Hall–Kier alpha value is -3.68. The van der Waals surface area contributed by atoms with Gasteiger partial charge in [-0.2, -0.15) is 0 Å². The molecule has 0 spiro atoms. The molecule has 0 fully saturated rings. The predicted octanol–water partition coefficient (Wildman–Crippen LogP) is 1.57. The van der Waals surface area contributed by atoms with E-state index in [2.05, 4.69) is 5.32 Å². The molecule has 8 heteroatoms. The summed E-state index contributed by atoms with van der Waals surface area (Å²) >= 11 is 0. The quantitative estimate of drug-likeness (QED) is 0.651. The number of ether oxygens (including phenoxy) is 2. The highest BCUT2D eigenvalue weighted by Crippen LogP contribution is 2.29. The van der Waals surface area contributed by atoms with Crippen LogP contribution in [0.1, 0.15) is 27.1 Å². The van der Waals surface area contributed by atoms with Crippen molar-refractivity contribution in [2.24, 2.45) is 0 Å². The number of benzene rings is 2. The second-order valence-corrected chi connectivity index (χ2v) is 6.03. The van der Waals surface area contributed by atoms with Gasteiger partial charge in [0.25, 0.3) is 17.7 Å². The first kappa shape index (κ1) is 16.8. The summed E-state index contributed by atoms with van der Waals surface area (Å²) in [5.41, 5.74) is 1.06. The molecule has 4 rings (SSSR count). The van der Waals surface area contributed by atoms with E-state index >= 15 is 0 Å². The number of carbonyl (C=O) groups is 4. The van der Waals surface area contributed by atoms with Crippen molar-refractivity contribution in [1.82, 2.24) is 4.90 Å². The minimum absolute atomic E-state index is 0.269. The molecular weight excluding hydrogens is 352 g/mol. The fourth-order valence-corrected chi connectivity index (χ4v) is 2.93. The summed E-state index contributed by atoms with van der Waals surface area (Å²) in [5.74, 6) is -1.82. The lowest BCUT2D eigenvalue weighted by Crippen LogP contribution is -2.40. The van der Waals surface area contributed by atoms with Crippen LogP contribution in [0.15, 0.2) is 48.5 Å². The molecule has 1 N–H and O–H groups in total. The first-order chi connectivity index (χ1) is 13.0. The number of nitrogens with one attached hydrogen (secondary N) is 1. The summed E-state index contributed by atoms with van der Waals surface area (Å²) in [7, 11) is 0. The van der Waals surface area contributed by atoms with Crippen LogP contribution in [-0.4, -0.2) is 41.4 Å². The van der Waals surface area contributed by atoms with E-state index in [1.54, 1.807) is 36.4 Å². The second kappa shape index (κ2) is 6.56. The van der Waals surface area contributed by atoms with Crippen LogP contribution in [0.2, 0.25) is 0 Å². The average molecular weight is 366 g/mol. The standard InChI is InChI=1S/C19H14N2O6/c22-16(9-15-17(23)20-13-7-3-4-8-14(13)27-15)26-10-21-18(24)11-5-1-2-6-12(11)19(21)25/h1-8,15H,9-10H2,(H,20,23). The lowest BCUT2D eigenvalue weighted by Gasteiger charge is -2.25. The van der Waals surface area contributed by atoms with Crippen molar-refractivity contribution in [2.45, 2.75) is 12.5 Å². The van der Waals surface area contributed by atoms with Crippen molar-refractivity contribution in [3.8, 4) is 5.75 Å². The number of rotatable bonds is 4. The molecule has 3 amide bonds. The van der Waals surface area contributed by atoms with Gasteiger partial charge in [-0.25, -0.2) is 4.90 Å². The zero-order valence-electron chi connectivity index (χ0n) is 14.0. The van der Waals surface area contributed by atoms with Crippen LogP contribution >= 0.6 is 0 Å². The van der Waals surface area contributed by atoms with Crippen molar-refractivity contribution < 1.29 is 28.7 Å². The van der Waals surface area contributed by atoms with Crippen molar-refractivity contribution >= 4 is 29.4 Å². The number of imide groups is 1. The molecule has 1 unspecified atom stereocenters. The van der Waals surface area contributed by atoms with Gasteiger partial charge in [-0.3, -0.25) is 19.2 Å². The molecule has 2 aromatic rings. The highest BCUT2D eigenvalue weighted by molar-refractivity contribution is 6.21. The molecule has 136 valence electrons. The first-order valence-corrected chi connectivity index (χ1v) is 8.22. The van der Waals surface area contributed by atoms with Crippen LogP contribution in [0.5, 0.6) is 5.75 Å². The molecule has 0 radical (unpaired) electrons. The van der Waals surface area contributed by atoms with Crippen LogP contribution in [0, 0.1) is 0 Å². The van der Waals surface area contributed by atoms with Gasteiger partial charge >= 0.3 is 5.97 Å². The van der Waals surface area contributed by atoms with Crippen LogP contribution in [0.3, 0.4) is 0 Å². The topological polar surface area (TPSA) is 102 Å². The van der Waals surface area contributed by atoms with Gasteiger partial charge in [-0.15, -0.1) is 0 Å². The van der Waals surface area contributed by atoms with Crippen molar-refractivity contribution in [3.63, 3.8) is 0 Å². The summed E-state index contributed by atoms with van der Waals surface area (Å²) in [6, 6.07) is 13.2. The minimum atomic E-state index is -1.05. The Labute approximate surface area is 153 Å². The number of fused-ring (bicyclic) bond motifs is 2. The second-order valence-electron chi connectivity index (χ2n) is 6.03. The summed E-state index contributed by atoms with van der Waals surface area (Å²) < 4.78 is 10.5. The van der Waals surface area contributed by atoms with Gasteiger partial charge in [0.2, 0.25) is 0 Å². The highest BCUT2D eigenvalue weighted by Gasteiger charge is 2.36. The van der Waals surface area contributed by atoms with Gasteiger partial charge in [-0.05, 0) is 24.3 Å². The van der Waals surface area contributed by atoms with Crippen molar-refractivity contribution in [3.05, 3.63) is 59.7 Å². The van der Waals surface area contributed by atoms with Crippen molar-refractivity contribution in [1.29, 1.82) is 0 Å². The van der Waals surface area contributed by atoms with Crippen LogP contribution in [-0.2, 0) is 14.3 Å². The third kappa shape index (κ3) is 3.01.